The Labute approximate surface area is 156 Å². The van der Waals surface area contributed by atoms with Crippen molar-refractivity contribution in [1.29, 1.82) is 5.26 Å². The maximum Gasteiger partial charge on any atom is 0.257 e. The van der Waals surface area contributed by atoms with Crippen molar-refractivity contribution in [3.8, 4) is 6.07 Å². The third-order valence-electron chi connectivity index (χ3n) is 3.96. The van der Waals surface area contributed by atoms with Gasteiger partial charge in [0.1, 0.15) is 11.6 Å². The van der Waals surface area contributed by atoms with E-state index in [2.05, 4.69) is 15.6 Å². The number of amides is 1. The second-order valence-corrected chi connectivity index (χ2v) is 5.84. The van der Waals surface area contributed by atoms with Gasteiger partial charge in [0, 0.05) is 18.4 Å². The fourth-order valence-electron chi connectivity index (χ4n) is 2.49. The number of nitrogens with one attached hydrogen (secondary N) is 2. The summed E-state index contributed by atoms with van der Waals surface area (Å²) >= 11 is 0. The van der Waals surface area contributed by atoms with Crippen LogP contribution in [0.25, 0.3) is 0 Å². The molecule has 3 aromatic rings. The molecule has 0 unspecified atom stereocenters. The van der Waals surface area contributed by atoms with Gasteiger partial charge >= 0.3 is 0 Å². The summed E-state index contributed by atoms with van der Waals surface area (Å²) < 4.78 is 13.6. The van der Waals surface area contributed by atoms with Crippen molar-refractivity contribution in [2.24, 2.45) is 0 Å². The van der Waals surface area contributed by atoms with Gasteiger partial charge in [0.25, 0.3) is 5.91 Å². The Balaban J connectivity index is 1.54. The number of nitriles is 1. The first kappa shape index (κ1) is 18.1. The van der Waals surface area contributed by atoms with Crippen LogP contribution in [-0.2, 0) is 6.42 Å². The summed E-state index contributed by atoms with van der Waals surface area (Å²) in [6.45, 7) is 0.532. The van der Waals surface area contributed by atoms with Crippen LogP contribution in [0.2, 0.25) is 0 Å². The number of hydrogen-bond acceptors (Lipinski definition) is 4. The molecule has 0 fully saturated rings. The first-order chi connectivity index (χ1) is 13.2. The number of aromatic nitrogens is 1. The Hall–Kier alpha value is -3.72. The summed E-state index contributed by atoms with van der Waals surface area (Å²) in [4.78, 5) is 16.5. The SMILES string of the molecule is N#Cc1ccc(NC(=O)c2ccc(NCCc3ccccc3F)nc2)cc1. The van der Waals surface area contributed by atoms with Crippen LogP contribution in [0.4, 0.5) is 15.9 Å². The van der Waals surface area contributed by atoms with Crippen molar-refractivity contribution in [2.75, 3.05) is 17.2 Å². The molecule has 3 rings (SSSR count). The monoisotopic (exact) mass is 360 g/mol. The molecule has 0 saturated carbocycles. The lowest BCUT2D eigenvalue weighted by Gasteiger charge is -2.08. The highest BCUT2D eigenvalue weighted by atomic mass is 19.1. The van der Waals surface area contributed by atoms with Crippen molar-refractivity contribution in [1.82, 2.24) is 4.98 Å². The number of hydrogen-bond donors (Lipinski definition) is 2. The van der Waals surface area contributed by atoms with Crippen LogP contribution in [0.3, 0.4) is 0 Å². The molecule has 0 aliphatic carbocycles. The Bertz CT molecular complexity index is 963. The lowest BCUT2D eigenvalue weighted by molar-refractivity contribution is 0.102. The Morgan fingerprint density at radius 2 is 1.85 bits per heavy atom. The van der Waals surface area contributed by atoms with Crippen molar-refractivity contribution in [3.05, 3.63) is 89.4 Å². The second-order valence-electron chi connectivity index (χ2n) is 5.84. The predicted molar refractivity (Wildman–Crippen MR) is 102 cm³/mol. The first-order valence-corrected chi connectivity index (χ1v) is 8.40. The van der Waals surface area contributed by atoms with Gasteiger partial charge in [-0.15, -0.1) is 0 Å². The minimum atomic E-state index is -0.287. The average molecular weight is 360 g/mol. The molecule has 2 aromatic carbocycles. The summed E-state index contributed by atoms with van der Waals surface area (Å²) in [5, 5.41) is 14.6. The molecule has 2 N–H and O–H groups in total. The van der Waals surface area contributed by atoms with Gasteiger partial charge in [-0.25, -0.2) is 9.37 Å². The molecule has 0 saturated heterocycles. The lowest BCUT2D eigenvalue weighted by atomic mass is 10.1. The van der Waals surface area contributed by atoms with Crippen LogP contribution < -0.4 is 10.6 Å². The van der Waals surface area contributed by atoms with E-state index >= 15 is 0 Å². The molecule has 27 heavy (non-hydrogen) atoms. The van der Waals surface area contributed by atoms with E-state index in [9.17, 15) is 9.18 Å². The third-order valence-corrected chi connectivity index (χ3v) is 3.96. The van der Waals surface area contributed by atoms with E-state index in [1.54, 1.807) is 54.6 Å². The van der Waals surface area contributed by atoms with Crippen molar-refractivity contribution >= 4 is 17.4 Å². The second kappa shape index (κ2) is 8.59. The summed E-state index contributed by atoms with van der Waals surface area (Å²) in [7, 11) is 0. The van der Waals surface area contributed by atoms with Gasteiger partial charge in [0.15, 0.2) is 0 Å². The van der Waals surface area contributed by atoms with E-state index in [0.717, 1.165) is 0 Å². The zero-order valence-corrected chi connectivity index (χ0v) is 14.4. The number of carbonyl (C=O) groups excluding carboxylic acids is 1. The molecule has 0 aliphatic heterocycles. The highest BCUT2D eigenvalue weighted by Crippen LogP contribution is 2.12. The van der Waals surface area contributed by atoms with Gasteiger partial charge in [0.05, 0.1) is 17.2 Å². The zero-order chi connectivity index (χ0) is 19.1. The first-order valence-electron chi connectivity index (χ1n) is 8.40. The number of rotatable bonds is 6. The topological polar surface area (TPSA) is 77.8 Å². The normalized spacial score (nSPS) is 10.1. The zero-order valence-electron chi connectivity index (χ0n) is 14.4. The van der Waals surface area contributed by atoms with Crippen LogP contribution >= 0.6 is 0 Å². The van der Waals surface area contributed by atoms with Crippen LogP contribution in [0.5, 0.6) is 0 Å². The van der Waals surface area contributed by atoms with E-state index in [0.29, 0.717) is 41.2 Å². The summed E-state index contributed by atoms with van der Waals surface area (Å²) in [5.74, 6) is 0.105. The van der Waals surface area contributed by atoms with Crippen LogP contribution in [0.1, 0.15) is 21.5 Å². The largest absolute Gasteiger partial charge is 0.370 e. The van der Waals surface area contributed by atoms with Crippen LogP contribution in [0.15, 0.2) is 66.9 Å². The molecule has 1 aromatic heterocycles. The van der Waals surface area contributed by atoms with Gasteiger partial charge in [-0.05, 0) is 54.4 Å². The van der Waals surface area contributed by atoms with E-state index in [1.807, 2.05) is 6.07 Å². The van der Waals surface area contributed by atoms with Gasteiger partial charge in [-0.3, -0.25) is 4.79 Å². The standard InChI is InChI=1S/C21H17FN4O/c22-19-4-2-1-3-16(19)11-12-24-20-10-7-17(14-25-20)21(27)26-18-8-5-15(13-23)6-9-18/h1-10,14H,11-12H2,(H,24,25)(H,26,27). The lowest BCUT2D eigenvalue weighted by Crippen LogP contribution is -2.13. The number of anilines is 2. The number of carbonyl (C=O) groups is 1. The molecule has 6 heteroatoms. The molecule has 134 valence electrons. The Morgan fingerprint density at radius 3 is 2.52 bits per heavy atom. The summed E-state index contributed by atoms with van der Waals surface area (Å²) in [6.07, 6.45) is 2.01. The molecule has 0 radical (unpaired) electrons. The molecular formula is C21H17FN4O. The molecule has 0 spiro atoms. The highest BCUT2D eigenvalue weighted by molar-refractivity contribution is 6.04. The average Bonchev–Trinajstić information content (AvgIpc) is 2.70. The summed E-state index contributed by atoms with van der Waals surface area (Å²) in [5.41, 5.74) is 2.19. The van der Waals surface area contributed by atoms with E-state index in [-0.39, 0.29) is 11.7 Å². The van der Waals surface area contributed by atoms with E-state index < -0.39 is 0 Å². The smallest absolute Gasteiger partial charge is 0.257 e. The van der Waals surface area contributed by atoms with Crippen molar-refractivity contribution < 1.29 is 9.18 Å². The molecule has 0 atom stereocenters. The minimum Gasteiger partial charge on any atom is -0.370 e. The third kappa shape index (κ3) is 4.89. The number of benzene rings is 2. The Kier molecular flexibility index (Phi) is 5.75. The van der Waals surface area contributed by atoms with Crippen molar-refractivity contribution in [2.45, 2.75) is 6.42 Å². The minimum absolute atomic E-state index is 0.220. The van der Waals surface area contributed by atoms with Crippen LogP contribution in [-0.4, -0.2) is 17.4 Å². The molecule has 1 amide bonds. The quantitative estimate of drug-likeness (QED) is 0.696. The predicted octanol–water partition coefficient (Wildman–Crippen LogP) is 4.00. The highest BCUT2D eigenvalue weighted by Gasteiger charge is 2.07. The van der Waals surface area contributed by atoms with Gasteiger partial charge in [0.2, 0.25) is 0 Å². The van der Waals surface area contributed by atoms with E-state index in [1.165, 1.54) is 12.3 Å². The maximum atomic E-state index is 13.6. The Morgan fingerprint density at radius 1 is 1.07 bits per heavy atom. The van der Waals surface area contributed by atoms with E-state index in [4.69, 9.17) is 5.26 Å². The van der Waals surface area contributed by atoms with Gasteiger partial charge in [-0.1, -0.05) is 18.2 Å². The van der Waals surface area contributed by atoms with Gasteiger partial charge < -0.3 is 10.6 Å². The van der Waals surface area contributed by atoms with Crippen LogP contribution in [0, 0.1) is 17.1 Å². The van der Waals surface area contributed by atoms with Gasteiger partial charge in [-0.2, -0.15) is 5.26 Å². The van der Waals surface area contributed by atoms with Crippen molar-refractivity contribution in [3.63, 3.8) is 0 Å². The molecule has 0 bridgehead atoms. The number of nitrogens with zero attached hydrogens (tertiary/aromatic N) is 2. The maximum absolute atomic E-state index is 13.6. The molecule has 5 nitrogen and oxygen atoms in total. The summed E-state index contributed by atoms with van der Waals surface area (Å²) in [6, 6.07) is 18.7. The number of halogens is 1. The molecular weight excluding hydrogens is 343 g/mol. The number of pyridine rings is 1. The molecule has 0 aliphatic rings. The fraction of sp³-hybridized carbons (Fsp3) is 0.0952. The fourth-order valence-corrected chi connectivity index (χ4v) is 2.49. The molecule has 1 heterocycles.